The van der Waals surface area contributed by atoms with Crippen molar-refractivity contribution in [1.29, 1.82) is 0 Å². The molecule has 0 aliphatic carbocycles. The van der Waals surface area contributed by atoms with Crippen molar-refractivity contribution in [3.63, 3.8) is 0 Å². The van der Waals surface area contributed by atoms with Gasteiger partial charge in [-0.05, 0) is 76.9 Å². The zero-order valence-electron chi connectivity index (χ0n) is 25.0. The van der Waals surface area contributed by atoms with Gasteiger partial charge in [0.15, 0.2) is 0 Å². The molecule has 3 rings (SSSR count). The Morgan fingerprint density at radius 2 is 1.51 bits per heavy atom. The average molecular weight is 560 g/mol. The highest BCUT2D eigenvalue weighted by molar-refractivity contribution is 5.99. The number of likely N-dealkylation sites (N-methyl/N-ethyl adjacent to an activating group) is 1. The zero-order chi connectivity index (χ0) is 30.2. The molecule has 2 unspecified atom stereocenters. The molecule has 0 spiro atoms. The fourth-order valence-corrected chi connectivity index (χ4v) is 4.69. The van der Waals surface area contributed by atoms with E-state index in [0.29, 0.717) is 17.0 Å². The van der Waals surface area contributed by atoms with Crippen molar-refractivity contribution in [2.45, 2.75) is 65.6 Å². The van der Waals surface area contributed by atoms with Crippen molar-refractivity contribution in [1.82, 2.24) is 10.2 Å². The lowest BCUT2D eigenvalue weighted by Gasteiger charge is -2.34. The minimum absolute atomic E-state index is 0.230. The van der Waals surface area contributed by atoms with Crippen LogP contribution in [0.3, 0.4) is 0 Å². The van der Waals surface area contributed by atoms with Crippen LogP contribution in [0, 0.1) is 13.8 Å². The zero-order valence-corrected chi connectivity index (χ0v) is 25.0. The molecular weight excluding hydrogens is 518 g/mol. The number of rotatable bonds is 10. The van der Waals surface area contributed by atoms with Gasteiger partial charge >= 0.3 is 6.09 Å². The first-order valence-electron chi connectivity index (χ1n) is 13.8. The highest BCUT2D eigenvalue weighted by Gasteiger charge is 2.36. The van der Waals surface area contributed by atoms with Crippen molar-refractivity contribution in [2.24, 2.45) is 0 Å². The first-order chi connectivity index (χ1) is 19.4. The lowest BCUT2D eigenvalue weighted by Crippen LogP contribution is -2.53. The Bertz CT molecular complexity index is 1310. The summed E-state index contributed by atoms with van der Waals surface area (Å²) < 4.78 is 10.7. The minimum atomic E-state index is -0.964. The predicted molar refractivity (Wildman–Crippen MR) is 161 cm³/mol. The molecule has 0 aliphatic heterocycles. The van der Waals surface area contributed by atoms with Gasteiger partial charge in [-0.2, -0.15) is 0 Å². The quantitative estimate of drug-likeness (QED) is 0.319. The molecule has 3 aromatic carbocycles. The highest BCUT2D eigenvalue weighted by atomic mass is 16.6. The number of benzene rings is 3. The lowest BCUT2D eigenvalue weighted by atomic mass is 9.97. The largest absolute Gasteiger partial charge is 0.497 e. The minimum Gasteiger partial charge on any atom is -0.497 e. The van der Waals surface area contributed by atoms with Crippen LogP contribution < -0.4 is 15.4 Å². The maximum Gasteiger partial charge on any atom is 0.408 e. The average Bonchev–Trinajstić information content (AvgIpc) is 2.90. The van der Waals surface area contributed by atoms with Gasteiger partial charge in [-0.3, -0.25) is 9.59 Å². The van der Waals surface area contributed by atoms with E-state index in [1.807, 2.05) is 69.3 Å². The topological polar surface area (TPSA) is 97.0 Å². The number of hydrogen-bond donors (Lipinski definition) is 2. The second kappa shape index (κ2) is 13.8. The molecule has 3 amide bonds. The predicted octanol–water partition coefficient (Wildman–Crippen LogP) is 5.98. The van der Waals surface area contributed by atoms with Crippen LogP contribution in [-0.2, 0) is 20.7 Å². The number of anilines is 1. The summed E-state index contributed by atoms with van der Waals surface area (Å²) in [5, 5.41) is 5.73. The van der Waals surface area contributed by atoms with Crippen LogP contribution in [0.1, 0.15) is 56.0 Å². The third kappa shape index (κ3) is 9.10. The maximum atomic E-state index is 14.3. The second-order valence-corrected chi connectivity index (χ2v) is 11.1. The monoisotopic (exact) mass is 559 g/mol. The highest BCUT2D eigenvalue weighted by Crippen LogP contribution is 2.27. The first kappa shape index (κ1) is 31.2. The second-order valence-electron chi connectivity index (χ2n) is 11.1. The summed E-state index contributed by atoms with van der Waals surface area (Å²) in [7, 11) is 1.58. The maximum absolute atomic E-state index is 14.3. The standard InChI is InChI=1S/C33H41N3O5/c1-8-36(31(38)28(21-24-12-10-9-11-13-24)35-32(39)41-33(4,5)6)29(25-19-22(2)18-23(3)20-25)30(37)34-26-14-16-27(40-7)17-15-26/h9-20,28-29H,8,21H2,1-7H3,(H,34,37)(H,35,39). The van der Waals surface area contributed by atoms with E-state index in [9.17, 15) is 14.4 Å². The van der Waals surface area contributed by atoms with Crippen LogP contribution in [-0.4, -0.2) is 48.1 Å². The fraction of sp³-hybridized carbons (Fsp3) is 0.364. The van der Waals surface area contributed by atoms with Crippen LogP contribution in [0.15, 0.2) is 72.8 Å². The van der Waals surface area contributed by atoms with E-state index in [1.54, 1.807) is 52.1 Å². The number of methoxy groups -OCH3 is 1. The number of carbonyl (C=O) groups excluding carboxylic acids is 3. The Morgan fingerprint density at radius 1 is 0.902 bits per heavy atom. The number of nitrogens with zero attached hydrogens (tertiary/aromatic N) is 1. The summed E-state index contributed by atoms with van der Waals surface area (Å²) in [5.41, 5.74) is 3.32. The lowest BCUT2D eigenvalue weighted by molar-refractivity contribution is -0.140. The van der Waals surface area contributed by atoms with Gasteiger partial charge in [-0.15, -0.1) is 0 Å². The van der Waals surface area contributed by atoms with E-state index >= 15 is 0 Å². The van der Waals surface area contributed by atoms with Crippen LogP contribution in [0.2, 0.25) is 0 Å². The molecule has 0 radical (unpaired) electrons. The van der Waals surface area contributed by atoms with Gasteiger partial charge in [-0.25, -0.2) is 4.79 Å². The van der Waals surface area contributed by atoms with Crippen molar-refractivity contribution >= 4 is 23.6 Å². The third-order valence-electron chi connectivity index (χ3n) is 6.37. The first-order valence-corrected chi connectivity index (χ1v) is 13.8. The molecule has 0 fully saturated rings. The van der Waals surface area contributed by atoms with E-state index < -0.39 is 29.7 Å². The van der Waals surface area contributed by atoms with Gasteiger partial charge in [0.25, 0.3) is 5.91 Å². The molecule has 0 saturated heterocycles. The number of amides is 3. The Labute approximate surface area is 243 Å². The van der Waals surface area contributed by atoms with Gasteiger partial charge in [0.2, 0.25) is 5.91 Å². The van der Waals surface area contributed by atoms with Gasteiger partial charge in [-0.1, -0.05) is 59.7 Å². The van der Waals surface area contributed by atoms with E-state index in [0.717, 1.165) is 16.7 Å². The molecule has 2 atom stereocenters. The normalized spacial score (nSPS) is 12.6. The van der Waals surface area contributed by atoms with E-state index in [2.05, 4.69) is 10.6 Å². The number of nitrogens with one attached hydrogen (secondary N) is 2. The molecule has 3 aromatic rings. The van der Waals surface area contributed by atoms with Gasteiger partial charge in [0.1, 0.15) is 23.4 Å². The smallest absolute Gasteiger partial charge is 0.408 e. The van der Waals surface area contributed by atoms with Crippen LogP contribution in [0.4, 0.5) is 10.5 Å². The summed E-state index contributed by atoms with van der Waals surface area (Å²) >= 11 is 0. The number of alkyl carbamates (subject to hydrolysis) is 1. The van der Waals surface area contributed by atoms with Crippen LogP contribution in [0.25, 0.3) is 0 Å². The Morgan fingerprint density at radius 3 is 2.05 bits per heavy atom. The summed E-state index contributed by atoms with van der Waals surface area (Å²) in [4.78, 5) is 42.6. The van der Waals surface area contributed by atoms with Crippen LogP contribution in [0.5, 0.6) is 5.75 Å². The van der Waals surface area contributed by atoms with Crippen molar-refractivity contribution < 1.29 is 23.9 Å². The van der Waals surface area contributed by atoms with E-state index in [4.69, 9.17) is 9.47 Å². The SMILES string of the molecule is CCN(C(=O)C(Cc1ccccc1)NC(=O)OC(C)(C)C)C(C(=O)Nc1ccc(OC)cc1)c1cc(C)cc(C)c1. The van der Waals surface area contributed by atoms with E-state index in [-0.39, 0.29) is 18.9 Å². The number of carbonyl (C=O) groups is 3. The molecule has 0 aliphatic rings. The summed E-state index contributed by atoms with van der Waals surface area (Å²) in [5.74, 6) is -0.0986. The molecule has 0 heterocycles. The number of ether oxygens (including phenoxy) is 2. The Hall–Kier alpha value is -4.33. The van der Waals surface area contributed by atoms with Gasteiger partial charge < -0.3 is 25.0 Å². The molecule has 0 aromatic heterocycles. The fourth-order valence-electron chi connectivity index (χ4n) is 4.69. The van der Waals surface area contributed by atoms with Gasteiger partial charge in [0, 0.05) is 18.7 Å². The van der Waals surface area contributed by atoms with Crippen LogP contribution >= 0.6 is 0 Å². The van der Waals surface area contributed by atoms with Crippen molar-refractivity contribution in [2.75, 3.05) is 19.0 Å². The van der Waals surface area contributed by atoms with E-state index in [1.165, 1.54) is 4.90 Å². The number of hydrogen-bond acceptors (Lipinski definition) is 5. The summed E-state index contributed by atoms with van der Waals surface area (Å²) in [6.07, 6.45) is -0.469. The van der Waals surface area contributed by atoms with Gasteiger partial charge in [0.05, 0.1) is 7.11 Å². The van der Waals surface area contributed by atoms with Crippen molar-refractivity contribution in [3.05, 3.63) is 95.1 Å². The Kier molecular flexibility index (Phi) is 10.5. The molecule has 2 N–H and O–H groups in total. The molecular formula is C33H41N3O5. The summed E-state index contributed by atoms with van der Waals surface area (Å²) in [6.45, 7) is 11.2. The molecule has 41 heavy (non-hydrogen) atoms. The summed E-state index contributed by atoms with van der Waals surface area (Å²) in [6, 6.07) is 20.4. The molecule has 218 valence electrons. The number of aryl methyl sites for hydroxylation is 2. The van der Waals surface area contributed by atoms with Crippen molar-refractivity contribution in [3.8, 4) is 5.75 Å². The molecule has 8 heteroatoms. The molecule has 0 bridgehead atoms. The third-order valence-corrected chi connectivity index (χ3v) is 6.37. The molecule has 8 nitrogen and oxygen atoms in total. The molecule has 0 saturated carbocycles. The Balaban J connectivity index is 2.01.